The van der Waals surface area contributed by atoms with Gasteiger partial charge in [0.15, 0.2) is 5.82 Å². The lowest BCUT2D eigenvalue weighted by Gasteiger charge is -2.18. The van der Waals surface area contributed by atoms with Crippen LogP contribution in [0.4, 0.5) is 14.9 Å². The van der Waals surface area contributed by atoms with Crippen molar-refractivity contribution >= 4 is 23.3 Å². The summed E-state index contributed by atoms with van der Waals surface area (Å²) in [5, 5.41) is 5.35. The number of aryl methyl sites for hydroxylation is 1. The maximum absolute atomic E-state index is 13.8. The molecule has 1 heterocycles. The number of benzene rings is 1. The van der Waals surface area contributed by atoms with Crippen molar-refractivity contribution in [2.24, 2.45) is 13.0 Å². The molecule has 2 aromatic rings. The molecule has 1 saturated carbocycles. The zero-order valence-electron chi connectivity index (χ0n) is 12.0. The van der Waals surface area contributed by atoms with Crippen LogP contribution in [-0.4, -0.2) is 15.6 Å². The van der Waals surface area contributed by atoms with Crippen molar-refractivity contribution in [3.63, 3.8) is 0 Å². The molecule has 2 amide bonds. The first-order valence-electron chi connectivity index (χ1n) is 7.05. The molecule has 0 unspecified atom stereocenters. The first-order chi connectivity index (χ1) is 10.6. The zero-order valence-corrected chi connectivity index (χ0v) is 12.8. The first-order valence-corrected chi connectivity index (χ1v) is 7.43. The molecule has 0 aliphatic heterocycles. The van der Waals surface area contributed by atoms with Gasteiger partial charge in [0, 0.05) is 19.4 Å². The average molecular weight is 323 g/mol. The third kappa shape index (κ3) is 3.06. The SMILES string of the molecule is Cn1ccnc1[C@H](NC(=O)Nc1cccc(Cl)c1F)C1CC1. The van der Waals surface area contributed by atoms with Crippen molar-refractivity contribution in [3.8, 4) is 0 Å². The molecular formula is C15H16ClFN4O. The van der Waals surface area contributed by atoms with E-state index >= 15 is 0 Å². The largest absolute Gasteiger partial charge is 0.336 e. The summed E-state index contributed by atoms with van der Waals surface area (Å²) in [6, 6.07) is 3.83. The van der Waals surface area contributed by atoms with Crippen LogP contribution in [0.15, 0.2) is 30.6 Å². The van der Waals surface area contributed by atoms with E-state index in [2.05, 4.69) is 15.6 Å². The second-order valence-corrected chi connectivity index (χ2v) is 5.82. The molecule has 0 spiro atoms. The molecule has 2 N–H and O–H groups in total. The molecule has 0 radical (unpaired) electrons. The molecule has 3 rings (SSSR count). The summed E-state index contributed by atoms with van der Waals surface area (Å²) >= 11 is 5.71. The van der Waals surface area contributed by atoms with Gasteiger partial charge in [0.1, 0.15) is 5.82 Å². The minimum absolute atomic E-state index is 0.0272. The molecule has 1 fully saturated rings. The van der Waals surface area contributed by atoms with E-state index in [1.165, 1.54) is 12.1 Å². The molecule has 1 aliphatic rings. The third-order valence-electron chi connectivity index (χ3n) is 3.72. The van der Waals surface area contributed by atoms with Crippen LogP contribution >= 0.6 is 11.6 Å². The van der Waals surface area contributed by atoms with E-state index in [1.54, 1.807) is 12.3 Å². The number of nitrogens with zero attached hydrogens (tertiary/aromatic N) is 2. The Balaban J connectivity index is 1.72. The Morgan fingerprint density at radius 2 is 2.27 bits per heavy atom. The average Bonchev–Trinajstić information content (AvgIpc) is 3.24. The Kier molecular flexibility index (Phi) is 4.02. The summed E-state index contributed by atoms with van der Waals surface area (Å²) in [7, 11) is 1.88. The van der Waals surface area contributed by atoms with Gasteiger partial charge < -0.3 is 15.2 Å². The van der Waals surface area contributed by atoms with Gasteiger partial charge in [0.05, 0.1) is 16.8 Å². The summed E-state index contributed by atoms with van der Waals surface area (Å²) in [4.78, 5) is 16.5. The molecule has 1 aromatic heterocycles. The van der Waals surface area contributed by atoms with Crippen LogP contribution in [0, 0.1) is 11.7 Å². The number of hydrogen-bond donors (Lipinski definition) is 2. The lowest BCUT2D eigenvalue weighted by molar-refractivity contribution is 0.246. The highest BCUT2D eigenvalue weighted by Crippen LogP contribution is 2.40. The van der Waals surface area contributed by atoms with Crippen LogP contribution in [0.25, 0.3) is 0 Å². The van der Waals surface area contributed by atoms with Gasteiger partial charge in [-0.15, -0.1) is 0 Å². The monoisotopic (exact) mass is 322 g/mol. The summed E-state index contributed by atoms with van der Waals surface area (Å²) in [6.07, 6.45) is 5.62. The van der Waals surface area contributed by atoms with E-state index in [1.807, 2.05) is 17.8 Å². The number of urea groups is 1. The van der Waals surface area contributed by atoms with E-state index in [0.717, 1.165) is 18.7 Å². The van der Waals surface area contributed by atoms with Crippen LogP contribution in [0.5, 0.6) is 0 Å². The number of amides is 2. The number of carbonyl (C=O) groups is 1. The highest BCUT2D eigenvalue weighted by Gasteiger charge is 2.35. The molecule has 1 aliphatic carbocycles. The minimum Gasteiger partial charge on any atom is -0.336 e. The molecule has 0 bridgehead atoms. The topological polar surface area (TPSA) is 59.0 Å². The first kappa shape index (κ1) is 14.8. The number of halogens is 2. The maximum Gasteiger partial charge on any atom is 0.319 e. The van der Waals surface area contributed by atoms with Crippen LogP contribution in [0.3, 0.4) is 0 Å². The number of anilines is 1. The molecule has 5 nitrogen and oxygen atoms in total. The van der Waals surface area contributed by atoms with Gasteiger partial charge in [-0.2, -0.15) is 0 Å². The highest BCUT2D eigenvalue weighted by molar-refractivity contribution is 6.31. The van der Waals surface area contributed by atoms with Crippen LogP contribution < -0.4 is 10.6 Å². The molecule has 116 valence electrons. The van der Waals surface area contributed by atoms with E-state index in [0.29, 0.717) is 5.92 Å². The number of rotatable bonds is 4. The Morgan fingerprint density at radius 3 is 2.91 bits per heavy atom. The molecule has 1 aromatic carbocycles. The van der Waals surface area contributed by atoms with Crippen molar-refractivity contribution in [2.75, 3.05) is 5.32 Å². The molecule has 7 heteroatoms. The maximum atomic E-state index is 13.8. The van der Waals surface area contributed by atoms with Crippen molar-refractivity contribution in [1.82, 2.24) is 14.9 Å². The van der Waals surface area contributed by atoms with Gasteiger partial charge in [-0.25, -0.2) is 14.2 Å². The predicted octanol–water partition coefficient (Wildman–Crippen LogP) is 3.49. The van der Waals surface area contributed by atoms with Crippen LogP contribution in [0.1, 0.15) is 24.7 Å². The molecule has 22 heavy (non-hydrogen) atoms. The Bertz CT molecular complexity index is 699. The van der Waals surface area contributed by atoms with Crippen molar-refractivity contribution < 1.29 is 9.18 Å². The smallest absolute Gasteiger partial charge is 0.319 e. The summed E-state index contributed by atoms with van der Waals surface area (Å²) in [6.45, 7) is 0. The zero-order chi connectivity index (χ0) is 15.7. The molecule has 0 saturated heterocycles. The van der Waals surface area contributed by atoms with Crippen LogP contribution in [-0.2, 0) is 7.05 Å². The summed E-state index contributed by atoms with van der Waals surface area (Å²) < 4.78 is 15.7. The van der Waals surface area contributed by atoms with E-state index in [4.69, 9.17) is 11.6 Å². The number of carbonyl (C=O) groups excluding carboxylic acids is 1. The summed E-state index contributed by atoms with van der Waals surface area (Å²) in [5.74, 6) is 0.527. The standard InChI is InChI=1S/C15H16ClFN4O/c1-21-8-7-18-14(21)13(9-5-6-9)20-15(22)19-11-4-2-3-10(16)12(11)17/h2-4,7-9,13H,5-6H2,1H3,(H2,19,20,22)/t13-/m1/s1. The van der Waals surface area contributed by atoms with Gasteiger partial charge in [0.25, 0.3) is 0 Å². The Labute approximate surface area is 132 Å². The minimum atomic E-state index is -0.640. The van der Waals surface area contributed by atoms with Gasteiger partial charge >= 0.3 is 6.03 Å². The second kappa shape index (κ2) is 5.96. The van der Waals surface area contributed by atoms with Gasteiger partial charge in [0.2, 0.25) is 0 Å². The Hall–Kier alpha value is -2.08. The van der Waals surface area contributed by atoms with Gasteiger partial charge in [-0.05, 0) is 30.9 Å². The van der Waals surface area contributed by atoms with Crippen molar-refractivity contribution in [1.29, 1.82) is 0 Å². The fourth-order valence-corrected chi connectivity index (χ4v) is 2.57. The normalized spacial score (nSPS) is 15.4. The van der Waals surface area contributed by atoms with Gasteiger partial charge in [-0.1, -0.05) is 17.7 Å². The highest BCUT2D eigenvalue weighted by atomic mass is 35.5. The van der Waals surface area contributed by atoms with E-state index in [9.17, 15) is 9.18 Å². The van der Waals surface area contributed by atoms with Crippen molar-refractivity contribution in [3.05, 3.63) is 47.3 Å². The number of hydrogen-bond acceptors (Lipinski definition) is 2. The fraction of sp³-hybridized carbons (Fsp3) is 0.333. The quantitative estimate of drug-likeness (QED) is 0.905. The lowest BCUT2D eigenvalue weighted by Crippen LogP contribution is -2.35. The Morgan fingerprint density at radius 1 is 1.50 bits per heavy atom. The fourth-order valence-electron chi connectivity index (χ4n) is 2.40. The van der Waals surface area contributed by atoms with Gasteiger partial charge in [-0.3, -0.25) is 0 Å². The number of aromatic nitrogens is 2. The van der Waals surface area contributed by atoms with E-state index in [-0.39, 0.29) is 16.8 Å². The van der Waals surface area contributed by atoms with Crippen LogP contribution in [0.2, 0.25) is 5.02 Å². The lowest BCUT2D eigenvalue weighted by atomic mass is 10.1. The summed E-state index contributed by atoms with van der Waals surface area (Å²) in [5.41, 5.74) is 0.0550. The van der Waals surface area contributed by atoms with Crippen molar-refractivity contribution in [2.45, 2.75) is 18.9 Å². The second-order valence-electron chi connectivity index (χ2n) is 5.41. The third-order valence-corrected chi connectivity index (χ3v) is 4.01. The molecular weight excluding hydrogens is 307 g/mol. The van der Waals surface area contributed by atoms with E-state index < -0.39 is 11.8 Å². The molecule has 1 atom stereocenters. The number of nitrogens with one attached hydrogen (secondary N) is 2. The number of imidazole rings is 1. The predicted molar refractivity (Wildman–Crippen MR) is 82.2 cm³/mol.